The minimum atomic E-state index is 0.0356. The van der Waals surface area contributed by atoms with Crippen molar-refractivity contribution in [3.63, 3.8) is 0 Å². The fourth-order valence-electron chi connectivity index (χ4n) is 2.54. The zero-order chi connectivity index (χ0) is 15.8. The first-order valence-electron chi connectivity index (χ1n) is 7.35. The number of aromatic nitrogens is 1. The second-order valence-electron chi connectivity index (χ2n) is 7.61. The molecule has 0 fully saturated rings. The Morgan fingerprint density at radius 3 is 1.81 bits per heavy atom. The highest BCUT2D eigenvalue weighted by Gasteiger charge is 2.25. The van der Waals surface area contributed by atoms with E-state index in [2.05, 4.69) is 58.7 Å². The van der Waals surface area contributed by atoms with Gasteiger partial charge in [-0.3, -0.25) is 4.98 Å². The fourth-order valence-corrected chi connectivity index (χ4v) is 2.99. The van der Waals surface area contributed by atoms with Gasteiger partial charge >= 0.3 is 0 Å². The molecule has 0 unspecified atom stereocenters. The highest BCUT2D eigenvalue weighted by molar-refractivity contribution is 6.31. The van der Waals surface area contributed by atoms with Gasteiger partial charge in [-0.1, -0.05) is 59.2 Å². The van der Waals surface area contributed by atoms with Gasteiger partial charge in [0.15, 0.2) is 0 Å². The molecule has 0 spiro atoms. The van der Waals surface area contributed by atoms with Crippen molar-refractivity contribution in [3.05, 3.63) is 52.8 Å². The number of halogens is 1. The molecule has 112 valence electrons. The van der Waals surface area contributed by atoms with Crippen LogP contribution in [0.1, 0.15) is 52.7 Å². The first-order valence-corrected chi connectivity index (χ1v) is 7.73. The largest absolute Gasteiger partial charge is 0.265 e. The molecule has 1 aromatic carbocycles. The summed E-state index contributed by atoms with van der Waals surface area (Å²) in [5.41, 5.74) is 4.98. The molecule has 0 radical (unpaired) electrons. The highest BCUT2D eigenvalue weighted by atomic mass is 35.5. The molecular formula is C19H24ClN. The van der Waals surface area contributed by atoms with Crippen molar-refractivity contribution in [2.75, 3.05) is 0 Å². The Morgan fingerprint density at radius 2 is 1.33 bits per heavy atom. The van der Waals surface area contributed by atoms with Gasteiger partial charge in [-0.05, 0) is 51.3 Å². The number of pyridine rings is 1. The average Bonchev–Trinajstić information content (AvgIpc) is 2.36. The van der Waals surface area contributed by atoms with E-state index in [4.69, 9.17) is 11.6 Å². The van der Waals surface area contributed by atoms with E-state index in [0.29, 0.717) is 0 Å². The molecule has 0 amide bonds. The number of rotatable bonds is 1. The van der Waals surface area contributed by atoms with Crippen LogP contribution in [0, 0.1) is 0 Å². The Morgan fingerprint density at radius 1 is 0.810 bits per heavy atom. The van der Waals surface area contributed by atoms with Crippen LogP contribution >= 0.6 is 11.6 Å². The molecule has 0 atom stereocenters. The van der Waals surface area contributed by atoms with Crippen LogP contribution in [0.25, 0.3) is 11.1 Å². The van der Waals surface area contributed by atoms with Gasteiger partial charge in [0.05, 0.1) is 0 Å². The molecule has 1 aromatic heterocycles. The van der Waals surface area contributed by atoms with Crippen molar-refractivity contribution in [2.45, 2.75) is 52.4 Å². The average molecular weight is 302 g/mol. The molecule has 0 saturated heterocycles. The standard InChI is InChI=1S/C19H24ClN/c1-18(2,3)15-12-16(19(4,5)6)17(20)11-14(15)13-7-9-21-10-8-13/h7-12H,1-6H3. The molecule has 0 aliphatic heterocycles. The van der Waals surface area contributed by atoms with Crippen LogP contribution in [0.15, 0.2) is 36.7 Å². The van der Waals surface area contributed by atoms with Gasteiger partial charge in [0, 0.05) is 17.4 Å². The smallest absolute Gasteiger partial charge is 0.0449 e. The molecular weight excluding hydrogens is 278 g/mol. The molecule has 2 rings (SSSR count). The third kappa shape index (κ3) is 3.47. The van der Waals surface area contributed by atoms with Crippen LogP contribution < -0.4 is 0 Å². The third-order valence-corrected chi connectivity index (χ3v) is 4.03. The van der Waals surface area contributed by atoms with Crippen molar-refractivity contribution in [3.8, 4) is 11.1 Å². The van der Waals surface area contributed by atoms with E-state index in [1.807, 2.05) is 24.5 Å². The maximum absolute atomic E-state index is 6.57. The summed E-state index contributed by atoms with van der Waals surface area (Å²) in [6, 6.07) is 8.46. The van der Waals surface area contributed by atoms with E-state index in [1.165, 1.54) is 16.7 Å². The number of hydrogen-bond donors (Lipinski definition) is 0. The summed E-state index contributed by atoms with van der Waals surface area (Å²) in [5, 5.41) is 0.835. The predicted octanol–water partition coefficient (Wildman–Crippen LogP) is 6.00. The van der Waals surface area contributed by atoms with E-state index in [1.54, 1.807) is 0 Å². The van der Waals surface area contributed by atoms with Gasteiger partial charge in [0.1, 0.15) is 0 Å². The summed E-state index contributed by atoms with van der Waals surface area (Å²) in [6.45, 7) is 13.3. The summed E-state index contributed by atoms with van der Waals surface area (Å²) >= 11 is 6.57. The van der Waals surface area contributed by atoms with Gasteiger partial charge in [-0.25, -0.2) is 0 Å². The van der Waals surface area contributed by atoms with Crippen LogP contribution in [0.2, 0.25) is 5.02 Å². The first kappa shape index (κ1) is 16.0. The molecule has 1 heterocycles. The molecule has 21 heavy (non-hydrogen) atoms. The number of hydrogen-bond acceptors (Lipinski definition) is 1. The van der Waals surface area contributed by atoms with Crippen LogP contribution in [0.4, 0.5) is 0 Å². The van der Waals surface area contributed by atoms with Crippen molar-refractivity contribution >= 4 is 11.6 Å². The van der Waals surface area contributed by atoms with Gasteiger partial charge in [-0.2, -0.15) is 0 Å². The monoisotopic (exact) mass is 301 g/mol. The zero-order valence-corrected chi connectivity index (χ0v) is 14.5. The lowest BCUT2D eigenvalue weighted by Crippen LogP contribution is -2.18. The lowest BCUT2D eigenvalue weighted by molar-refractivity contribution is 0.570. The maximum atomic E-state index is 6.57. The van der Waals surface area contributed by atoms with Gasteiger partial charge in [-0.15, -0.1) is 0 Å². The SMILES string of the molecule is CC(C)(C)c1cc(C(C)(C)C)c(-c2ccncc2)cc1Cl. The molecule has 2 aromatic rings. The van der Waals surface area contributed by atoms with Crippen LogP contribution in [-0.2, 0) is 10.8 Å². The van der Waals surface area contributed by atoms with Crippen LogP contribution in [0.3, 0.4) is 0 Å². The quantitative estimate of drug-likeness (QED) is 0.629. The normalized spacial score (nSPS) is 12.5. The summed E-state index contributed by atoms with van der Waals surface area (Å²) in [7, 11) is 0. The lowest BCUT2D eigenvalue weighted by atomic mass is 9.77. The van der Waals surface area contributed by atoms with Gasteiger partial charge in [0.25, 0.3) is 0 Å². The summed E-state index contributed by atoms with van der Waals surface area (Å²) in [5.74, 6) is 0. The van der Waals surface area contributed by atoms with E-state index in [-0.39, 0.29) is 10.8 Å². The van der Waals surface area contributed by atoms with E-state index in [0.717, 1.165) is 10.6 Å². The Labute approximate surface area is 133 Å². The van der Waals surface area contributed by atoms with Crippen molar-refractivity contribution in [1.82, 2.24) is 4.98 Å². The third-order valence-electron chi connectivity index (χ3n) is 3.71. The Kier molecular flexibility index (Phi) is 4.17. The van der Waals surface area contributed by atoms with Crippen molar-refractivity contribution < 1.29 is 0 Å². The van der Waals surface area contributed by atoms with Crippen molar-refractivity contribution in [1.29, 1.82) is 0 Å². The van der Waals surface area contributed by atoms with Gasteiger partial charge in [0.2, 0.25) is 0 Å². The second kappa shape index (κ2) is 5.46. The number of nitrogens with zero attached hydrogens (tertiary/aromatic N) is 1. The second-order valence-corrected chi connectivity index (χ2v) is 8.02. The van der Waals surface area contributed by atoms with E-state index < -0.39 is 0 Å². The molecule has 1 nitrogen and oxygen atoms in total. The topological polar surface area (TPSA) is 12.9 Å². The highest BCUT2D eigenvalue weighted by Crippen LogP contribution is 2.40. The maximum Gasteiger partial charge on any atom is 0.0449 e. The van der Waals surface area contributed by atoms with Crippen LogP contribution in [0.5, 0.6) is 0 Å². The molecule has 0 bridgehead atoms. The molecule has 0 aliphatic rings. The molecule has 0 aliphatic carbocycles. The molecule has 0 N–H and O–H groups in total. The first-order chi connectivity index (χ1) is 9.60. The molecule has 2 heteroatoms. The minimum absolute atomic E-state index is 0.0356. The van der Waals surface area contributed by atoms with E-state index >= 15 is 0 Å². The zero-order valence-electron chi connectivity index (χ0n) is 13.8. The summed E-state index contributed by atoms with van der Waals surface area (Å²) < 4.78 is 0. The Balaban J connectivity index is 2.75. The Hall–Kier alpha value is -1.34. The fraction of sp³-hybridized carbons (Fsp3) is 0.421. The van der Waals surface area contributed by atoms with Gasteiger partial charge < -0.3 is 0 Å². The van der Waals surface area contributed by atoms with Crippen molar-refractivity contribution in [2.24, 2.45) is 0 Å². The summed E-state index contributed by atoms with van der Waals surface area (Å²) in [6.07, 6.45) is 3.65. The number of benzene rings is 1. The Bertz CT molecular complexity index is 631. The molecule has 0 saturated carbocycles. The minimum Gasteiger partial charge on any atom is -0.265 e. The lowest BCUT2D eigenvalue weighted by Gasteiger charge is -2.28. The summed E-state index contributed by atoms with van der Waals surface area (Å²) in [4.78, 5) is 4.11. The van der Waals surface area contributed by atoms with E-state index in [9.17, 15) is 0 Å². The predicted molar refractivity (Wildman–Crippen MR) is 92.1 cm³/mol. The van der Waals surface area contributed by atoms with Crippen LogP contribution in [-0.4, -0.2) is 4.98 Å².